The molecule has 4 nitrogen and oxygen atoms in total. The van der Waals surface area contributed by atoms with Crippen molar-refractivity contribution in [2.45, 2.75) is 13.3 Å². The summed E-state index contributed by atoms with van der Waals surface area (Å²) in [5.41, 5.74) is 1.52. The lowest BCUT2D eigenvalue weighted by Crippen LogP contribution is -2.14. The van der Waals surface area contributed by atoms with E-state index in [4.69, 9.17) is 4.74 Å². The van der Waals surface area contributed by atoms with Crippen LogP contribution in [0.3, 0.4) is 0 Å². The molecule has 0 atom stereocenters. The molecule has 1 aromatic heterocycles. The van der Waals surface area contributed by atoms with E-state index < -0.39 is 0 Å². The van der Waals surface area contributed by atoms with E-state index in [0.29, 0.717) is 13.0 Å². The zero-order valence-electron chi connectivity index (χ0n) is 8.71. The van der Waals surface area contributed by atoms with Gasteiger partial charge < -0.3 is 10.1 Å². The summed E-state index contributed by atoms with van der Waals surface area (Å²) in [6, 6.07) is 3.61. The molecule has 0 aliphatic heterocycles. The smallest absolute Gasteiger partial charge is 0.226 e. The van der Waals surface area contributed by atoms with Crippen molar-refractivity contribution in [2.24, 2.45) is 0 Å². The summed E-state index contributed by atoms with van der Waals surface area (Å²) in [7, 11) is 1.57. The van der Waals surface area contributed by atoms with Crippen LogP contribution in [0.25, 0.3) is 0 Å². The van der Waals surface area contributed by atoms with E-state index in [1.165, 1.54) is 0 Å². The highest BCUT2D eigenvalue weighted by Gasteiger charge is 2.05. The van der Waals surface area contributed by atoms with Crippen LogP contribution in [0.1, 0.15) is 12.1 Å². The van der Waals surface area contributed by atoms with Crippen molar-refractivity contribution in [3.8, 4) is 0 Å². The Morgan fingerprint density at radius 1 is 1.60 bits per heavy atom. The van der Waals surface area contributed by atoms with E-state index in [0.717, 1.165) is 16.0 Å². The number of nitrogens with zero attached hydrogens (tertiary/aromatic N) is 1. The topological polar surface area (TPSA) is 51.2 Å². The lowest BCUT2D eigenvalue weighted by atomic mass is 10.3. The van der Waals surface area contributed by atoms with Gasteiger partial charge in [-0.15, -0.1) is 0 Å². The van der Waals surface area contributed by atoms with Crippen molar-refractivity contribution in [1.29, 1.82) is 0 Å². The highest BCUT2D eigenvalue weighted by Crippen LogP contribution is 2.16. The molecular weight excluding hydrogens is 260 g/mol. The molecule has 0 unspecified atom stereocenters. The number of aromatic nitrogens is 1. The Balaban J connectivity index is 2.60. The molecule has 1 aromatic rings. The lowest BCUT2D eigenvalue weighted by Gasteiger charge is -2.07. The average Bonchev–Trinajstić information content (AvgIpc) is 2.19. The predicted octanol–water partition coefficient (Wildman–Crippen LogP) is 2.13. The van der Waals surface area contributed by atoms with Gasteiger partial charge in [-0.1, -0.05) is 0 Å². The van der Waals surface area contributed by atoms with Gasteiger partial charge in [0.2, 0.25) is 5.91 Å². The Morgan fingerprint density at radius 2 is 2.33 bits per heavy atom. The van der Waals surface area contributed by atoms with E-state index in [9.17, 15) is 4.79 Å². The monoisotopic (exact) mass is 272 g/mol. The van der Waals surface area contributed by atoms with Gasteiger partial charge in [-0.05, 0) is 35.0 Å². The zero-order valence-corrected chi connectivity index (χ0v) is 10.3. The molecule has 1 N–H and O–H groups in total. The van der Waals surface area contributed by atoms with Gasteiger partial charge in [0.25, 0.3) is 0 Å². The number of carbonyl (C=O) groups is 1. The number of hydrogen-bond acceptors (Lipinski definition) is 3. The standard InChI is InChI=1S/C10H13BrN2O2/c1-7-8(3-4-9(11)12-7)13-10(14)5-6-15-2/h3-4H,5-6H2,1-2H3,(H,13,14). The molecule has 0 saturated heterocycles. The van der Waals surface area contributed by atoms with Crippen LogP contribution in [0.5, 0.6) is 0 Å². The van der Waals surface area contributed by atoms with Crippen LogP contribution in [-0.2, 0) is 9.53 Å². The number of rotatable bonds is 4. The number of ether oxygens (including phenoxy) is 1. The Kier molecular flexibility index (Phi) is 4.71. The fourth-order valence-electron chi connectivity index (χ4n) is 1.07. The van der Waals surface area contributed by atoms with Gasteiger partial charge in [0.05, 0.1) is 24.4 Å². The number of nitrogens with one attached hydrogen (secondary N) is 1. The molecular formula is C10H13BrN2O2. The molecule has 0 bridgehead atoms. The molecule has 1 rings (SSSR count). The van der Waals surface area contributed by atoms with Crippen LogP contribution in [0.15, 0.2) is 16.7 Å². The van der Waals surface area contributed by atoms with Crippen molar-refractivity contribution in [3.05, 3.63) is 22.4 Å². The maximum atomic E-state index is 11.4. The quantitative estimate of drug-likeness (QED) is 0.855. The number of methoxy groups -OCH3 is 1. The first kappa shape index (κ1) is 12.1. The molecule has 1 heterocycles. The highest BCUT2D eigenvalue weighted by atomic mass is 79.9. The predicted molar refractivity (Wildman–Crippen MR) is 61.8 cm³/mol. The zero-order chi connectivity index (χ0) is 11.3. The van der Waals surface area contributed by atoms with Gasteiger partial charge in [0.15, 0.2) is 0 Å². The summed E-state index contributed by atoms with van der Waals surface area (Å²) in [5.74, 6) is -0.0657. The fourth-order valence-corrected chi connectivity index (χ4v) is 1.47. The Hall–Kier alpha value is -0.940. The molecule has 0 saturated carbocycles. The second kappa shape index (κ2) is 5.82. The van der Waals surface area contributed by atoms with Crippen molar-refractivity contribution in [3.63, 3.8) is 0 Å². The molecule has 0 radical (unpaired) electrons. The molecule has 0 fully saturated rings. The molecule has 0 aliphatic carbocycles. The van der Waals surface area contributed by atoms with E-state index in [1.54, 1.807) is 13.2 Å². The highest BCUT2D eigenvalue weighted by molar-refractivity contribution is 9.10. The van der Waals surface area contributed by atoms with Crippen LogP contribution in [0, 0.1) is 6.92 Å². The SMILES string of the molecule is COCCC(=O)Nc1ccc(Br)nc1C. The third-order valence-electron chi connectivity index (χ3n) is 1.86. The van der Waals surface area contributed by atoms with Crippen molar-refractivity contribution >= 4 is 27.5 Å². The fraction of sp³-hybridized carbons (Fsp3) is 0.400. The number of anilines is 1. The van der Waals surface area contributed by atoms with E-state index in [-0.39, 0.29) is 5.91 Å². The maximum absolute atomic E-state index is 11.4. The largest absolute Gasteiger partial charge is 0.384 e. The minimum atomic E-state index is -0.0657. The van der Waals surface area contributed by atoms with Crippen LogP contribution >= 0.6 is 15.9 Å². The molecule has 82 valence electrons. The van der Waals surface area contributed by atoms with Gasteiger partial charge in [0, 0.05) is 7.11 Å². The van der Waals surface area contributed by atoms with E-state index >= 15 is 0 Å². The summed E-state index contributed by atoms with van der Waals surface area (Å²) < 4.78 is 5.57. The first-order chi connectivity index (χ1) is 7.13. The van der Waals surface area contributed by atoms with E-state index in [1.807, 2.05) is 13.0 Å². The average molecular weight is 273 g/mol. The third-order valence-corrected chi connectivity index (χ3v) is 2.30. The van der Waals surface area contributed by atoms with Crippen molar-refractivity contribution in [2.75, 3.05) is 19.0 Å². The number of amides is 1. The summed E-state index contributed by atoms with van der Waals surface area (Å²) in [4.78, 5) is 15.6. The first-order valence-corrected chi connectivity index (χ1v) is 5.34. The molecule has 5 heteroatoms. The van der Waals surface area contributed by atoms with Crippen LogP contribution in [-0.4, -0.2) is 24.6 Å². The van der Waals surface area contributed by atoms with Gasteiger partial charge in [-0.3, -0.25) is 4.79 Å². The van der Waals surface area contributed by atoms with Gasteiger partial charge in [-0.25, -0.2) is 4.98 Å². The number of carbonyl (C=O) groups excluding carboxylic acids is 1. The van der Waals surface area contributed by atoms with Crippen LogP contribution in [0.4, 0.5) is 5.69 Å². The van der Waals surface area contributed by atoms with Crippen LogP contribution in [0.2, 0.25) is 0 Å². The third kappa shape index (κ3) is 3.97. The number of pyridine rings is 1. The van der Waals surface area contributed by atoms with Crippen LogP contribution < -0.4 is 5.32 Å². The minimum Gasteiger partial charge on any atom is -0.384 e. The summed E-state index contributed by atoms with van der Waals surface area (Å²) in [6.07, 6.45) is 0.353. The maximum Gasteiger partial charge on any atom is 0.226 e. The van der Waals surface area contributed by atoms with Gasteiger partial charge in [-0.2, -0.15) is 0 Å². The molecule has 15 heavy (non-hydrogen) atoms. The molecule has 0 spiro atoms. The number of halogens is 1. The summed E-state index contributed by atoms with van der Waals surface area (Å²) in [6.45, 7) is 2.27. The molecule has 0 aromatic carbocycles. The molecule has 0 aliphatic rings. The molecule has 1 amide bonds. The number of aryl methyl sites for hydroxylation is 1. The van der Waals surface area contributed by atoms with Gasteiger partial charge in [0.1, 0.15) is 4.60 Å². The summed E-state index contributed by atoms with van der Waals surface area (Å²) >= 11 is 3.26. The van der Waals surface area contributed by atoms with Crippen molar-refractivity contribution in [1.82, 2.24) is 4.98 Å². The minimum absolute atomic E-state index is 0.0657. The Morgan fingerprint density at radius 3 is 2.93 bits per heavy atom. The Bertz CT molecular complexity index is 355. The summed E-state index contributed by atoms with van der Waals surface area (Å²) in [5, 5.41) is 2.77. The van der Waals surface area contributed by atoms with Crippen molar-refractivity contribution < 1.29 is 9.53 Å². The Labute approximate surface area is 97.2 Å². The normalized spacial score (nSPS) is 10.1. The lowest BCUT2D eigenvalue weighted by molar-refractivity contribution is -0.117. The van der Waals surface area contributed by atoms with Gasteiger partial charge >= 0.3 is 0 Å². The second-order valence-corrected chi connectivity index (χ2v) is 3.87. The van der Waals surface area contributed by atoms with E-state index in [2.05, 4.69) is 26.2 Å². The number of hydrogen-bond donors (Lipinski definition) is 1. The first-order valence-electron chi connectivity index (χ1n) is 4.55. The second-order valence-electron chi connectivity index (χ2n) is 3.06.